The highest BCUT2D eigenvalue weighted by Gasteiger charge is 2.14. The Morgan fingerprint density at radius 1 is 1.05 bits per heavy atom. The third-order valence-corrected chi connectivity index (χ3v) is 6.63. The van der Waals surface area contributed by atoms with Crippen LogP contribution in [0.15, 0.2) is 73.1 Å². The van der Waals surface area contributed by atoms with E-state index in [1.54, 1.807) is 37.5 Å². The molecule has 1 N–H and O–H groups in total. The van der Waals surface area contributed by atoms with Crippen LogP contribution in [-0.2, 0) is 4.74 Å². The first-order valence-corrected chi connectivity index (χ1v) is 13.2. The van der Waals surface area contributed by atoms with Gasteiger partial charge in [0.25, 0.3) is 0 Å². The van der Waals surface area contributed by atoms with Crippen LogP contribution in [0.2, 0.25) is 0 Å². The number of methoxy groups -OCH3 is 1. The van der Waals surface area contributed by atoms with E-state index in [0.29, 0.717) is 35.0 Å². The van der Waals surface area contributed by atoms with Crippen LogP contribution in [0.1, 0.15) is 22.3 Å². The van der Waals surface area contributed by atoms with Crippen molar-refractivity contribution in [3.8, 4) is 11.5 Å². The fourth-order valence-electron chi connectivity index (χ4n) is 4.43. The molecule has 9 heteroatoms. The number of halogens is 1. The van der Waals surface area contributed by atoms with Crippen molar-refractivity contribution >= 4 is 34.3 Å². The summed E-state index contributed by atoms with van der Waals surface area (Å²) in [5.41, 5.74) is 2.77. The first-order chi connectivity index (χ1) is 19.6. The number of morpholine rings is 1. The molecule has 0 aliphatic carbocycles. The zero-order valence-electron chi connectivity index (χ0n) is 22.3. The summed E-state index contributed by atoms with van der Waals surface area (Å²) < 4.78 is 30.2. The van der Waals surface area contributed by atoms with Crippen LogP contribution in [0, 0.1) is 5.82 Å². The van der Waals surface area contributed by atoms with Crippen LogP contribution >= 0.6 is 0 Å². The van der Waals surface area contributed by atoms with Gasteiger partial charge in [-0.1, -0.05) is 18.2 Å². The van der Waals surface area contributed by atoms with Crippen molar-refractivity contribution in [3.05, 3.63) is 90.0 Å². The molecule has 40 heavy (non-hydrogen) atoms. The molecule has 1 fully saturated rings. The molecule has 0 radical (unpaired) electrons. The van der Waals surface area contributed by atoms with Gasteiger partial charge in [0, 0.05) is 42.3 Å². The highest BCUT2D eigenvalue weighted by molar-refractivity contribution is 6.07. The van der Waals surface area contributed by atoms with E-state index in [0.717, 1.165) is 55.9 Å². The summed E-state index contributed by atoms with van der Waals surface area (Å²) in [5.74, 6) is 1.39. The monoisotopic (exact) mass is 542 g/mol. The normalized spacial score (nSPS) is 13.9. The molecule has 1 aliphatic heterocycles. The van der Waals surface area contributed by atoms with E-state index in [9.17, 15) is 9.18 Å². The number of allylic oxidation sites excluding steroid dienone is 1. The predicted molar refractivity (Wildman–Crippen MR) is 153 cm³/mol. The van der Waals surface area contributed by atoms with Crippen LogP contribution in [-0.4, -0.2) is 67.2 Å². The maximum Gasteiger partial charge on any atom is 0.185 e. The first kappa shape index (κ1) is 27.2. The summed E-state index contributed by atoms with van der Waals surface area (Å²) in [6, 6.07) is 16.8. The number of carbonyl (C=O) groups excluding carboxylic acids is 1. The van der Waals surface area contributed by atoms with E-state index in [2.05, 4.69) is 20.2 Å². The lowest BCUT2D eigenvalue weighted by atomic mass is 10.1. The molecule has 206 valence electrons. The summed E-state index contributed by atoms with van der Waals surface area (Å²) in [6.07, 6.45) is 5.52. The average molecular weight is 543 g/mol. The number of nitrogens with zero attached hydrogens (tertiary/aromatic N) is 3. The number of ketones is 1. The number of anilines is 2. The van der Waals surface area contributed by atoms with Crippen molar-refractivity contribution in [1.82, 2.24) is 14.9 Å². The number of ether oxygens (including phenoxy) is 3. The summed E-state index contributed by atoms with van der Waals surface area (Å²) >= 11 is 0. The Morgan fingerprint density at radius 3 is 2.58 bits per heavy atom. The maximum absolute atomic E-state index is 13.1. The van der Waals surface area contributed by atoms with E-state index in [1.807, 2.05) is 24.3 Å². The van der Waals surface area contributed by atoms with Gasteiger partial charge in [-0.05, 0) is 60.5 Å². The molecule has 5 rings (SSSR count). The Balaban J connectivity index is 1.26. The van der Waals surface area contributed by atoms with Crippen molar-refractivity contribution in [3.63, 3.8) is 0 Å². The molecule has 3 aromatic carbocycles. The second-order valence-corrected chi connectivity index (χ2v) is 9.35. The van der Waals surface area contributed by atoms with Crippen molar-refractivity contribution in [2.75, 3.05) is 51.9 Å². The molecule has 0 amide bonds. The number of nitrogens with one attached hydrogen (secondary N) is 1. The molecule has 1 saturated heterocycles. The highest BCUT2D eigenvalue weighted by Crippen LogP contribution is 2.35. The van der Waals surface area contributed by atoms with Crippen molar-refractivity contribution < 1.29 is 23.4 Å². The Labute approximate surface area is 232 Å². The predicted octanol–water partition coefficient (Wildman–Crippen LogP) is 5.52. The molecule has 0 spiro atoms. The topological polar surface area (TPSA) is 85.8 Å². The molecule has 4 aromatic rings. The Bertz CT molecular complexity index is 1470. The fraction of sp³-hybridized carbons (Fsp3) is 0.258. The minimum Gasteiger partial charge on any atom is -0.493 e. The Kier molecular flexibility index (Phi) is 8.95. The van der Waals surface area contributed by atoms with Gasteiger partial charge in [-0.3, -0.25) is 9.69 Å². The van der Waals surface area contributed by atoms with Gasteiger partial charge in [0.2, 0.25) is 0 Å². The summed E-state index contributed by atoms with van der Waals surface area (Å²) in [6.45, 7) is 4.98. The molecule has 0 unspecified atom stereocenters. The minimum absolute atomic E-state index is 0.147. The molecule has 1 aromatic heterocycles. The third-order valence-electron chi connectivity index (χ3n) is 6.63. The van der Waals surface area contributed by atoms with Crippen LogP contribution in [0.25, 0.3) is 17.0 Å². The number of carbonyl (C=O) groups is 1. The van der Waals surface area contributed by atoms with Crippen LogP contribution in [0.4, 0.5) is 15.9 Å². The van der Waals surface area contributed by atoms with Crippen LogP contribution in [0.3, 0.4) is 0 Å². The lowest BCUT2D eigenvalue weighted by Crippen LogP contribution is -2.37. The van der Waals surface area contributed by atoms with Crippen molar-refractivity contribution in [1.29, 1.82) is 0 Å². The van der Waals surface area contributed by atoms with Gasteiger partial charge in [0.1, 0.15) is 18.0 Å². The molecular weight excluding hydrogens is 511 g/mol. The number of benzene rings is 3. The van der Waals surface area contributed by atoms with Crippen molar-refractivity contribution in [2.24, 2.45) is 0 Å². The van der Waals surface area contributed by atoms with Crippen LogP contribution in [0.5, 0.6) is 11.5 Å². The van der Waals surface area contributed by atoms with E-state index >= 15 is 0 Å². The zero-order valence-corrected chi connectivity index (χ0v) is 22.3. The molecule has 0 atom stereocenters. The third kappa shape index (κ3) is 6.99. The van der Waals surface area contributed by atoms with E-state index in [1.165, 1.54) is 24.5 Å². The molecular formula is C31H31FN4O4. The van der Waals surface area contributed by atoms with Crippen molar-refractivity contribution in [2.45, 2.75) is 6.42 Å². The summed E-state index contributed by atoms with van der Waals surface area (Å²) in [4.78, 5) is 23.8. The molecule has 0 saturated carbocycles. The minimum atomic E-state index is -0.314. The largest absolute Gasteiger partial charge is 0.493 e. The van der Waals surface area contributed by atoms with E-state index in [-0.39, 0.29) is 11.6 Å². The van der Waals surface area contributed by atoms with Gasteiger partial charge in [0.05, 0.1) is 32.4 Å². The highest BCUT2D eigenvalue weighted by atomic mass is 19.1. The SMILES string of the molecule is COc1cc2ncnc(Nc3ccc(C(=O)/C=C/c4ccc(F)cc4)cc3)c2cc1OCCCN1CCOCC1. The Morgan fingerprint density at radius 2 is 1.82 bits per heavy atom. The smallest absolute Gasteiger partial charge is 0.185 e. The van der Waals surface area contributed by atoms with E-state index in [4.69, 9.17) is 14.2 Å². The van der Waals surface area contributed by atoms with E-state index < -0.39 is 0 Å². The van der Waals surface area contributed by atoms with Gasteiger partial charge in [-0.15, -0.1) is 0 Å². The zero-order chi connectivity index (χ0) is 27.7. The quantitative estimate of drug-likeness (QED) is 0.151. The Hall–Kier alpha value is -4.34. The average Bonchev–Trinajstić information content (AvgIpc) is 2.99. The number of hydrogen-bond acceptors (Lipinski definition) is 8. The first-order valence-electron chi connectivity index (χ1n) is 13.2. The van der Waals surface area contributed by atoms with Gasteiger partial charge in [0.15, 0.2) is 17.3 Å². The molecule has 2 heterocycles. The number of fused-ring (bicyclic) bond motifs is 1. The second-order valence-electron chi connectivity index (χ2n) is 9.35. The summed E-state index contributed by atoms with van der Waals surface area (Å²) in [5, 5.41) is 4.11. The molecule has 0 bridgehead atoms. The maximum atomic E-state index is 13.1. The number of aromatic nitrogens is 2. The van der Waals surface area contributed by atoms with Gasteiger partial charge >= 0.3 is 0 Å². The van der Waals surface area contributed by atoms with Crippen LogP contribution < -0.4 is 14.8 Å². The standard InChI is InChI=1S/C31H31FN4O4/c1-38-29-20-27-26(19-30(29)40-16-2-13-36-14-17-39-18-15-36)31(34-21-33-27)35-25-10-6-23(7-11-25)28(37)12-5-22-3-8-24(32)9-4-22/h3-12,19-21H,2,13-18H2,1H3,(H,33,34,35)/b12-5+. The fourth-order valence-corrected chi connectivity index (χ4v) is 4.43. The lowest BCUT2D eigenvalue weighted by Gasteiger charge is -2.26. The molecule has 8 nitrogen and oxygen atoms in total. The number of hydrogen-bond donors (Lipinski definition) is 1. The number of rotatable bonds is 11. The van der Waals surface area contributed by atoms with Gasteiger partial charge < -0.3 is 19.5 Å². The second kappa shape index (κ2) is 13.1. The summed E-state index contributed by atoms with van der Waals surface area (Å²) in [7, 11) is 1.61. The lowest BCUT2D eigenvalue weighted by molar-refractivity contribution is 0.0357. The van der Waals surface area contributed by atoms with Gasteiger partial charge in [-0.2, -0.15) is 0 Å². The van der Waals surface area contributed by atoms with Gasteiger partial charge in [-0.25, -0.2) is 14.4 Å². The molecule has 1 aliphatic rings.